The molecule has 1 aliphatic carbocycles. The number of carbonyl (C=O) groups is 1. The minimum absolute atomic E-state index is 0.189. The van der Waals surface area contributed by atoms with Gasteiger partial charge in [0.2, 0.25) is 0 Å². The lowest BCUT2D eigenvalue weighted by Crippen LogP contribution is -2.17. The zero-order valence-electron chi connectivity index (χ0n) is 20.7. The topological polar surface area (TPSA) is 85.5 Å². The van der Waals surface area contributed by atoms with E-state index >= 15 is 0 Å². The maximum atomic E-state index is 11.9. The largest absolute Gasteiger partial charge is 0.493 e. The highest BCUT2D eigenvalue weighted by Gasteiger charge is 2.31. The number of nitriles is 1. The molecule has 0 bridgehead atoms. The molecule has 188 valence electrons. The quantitative estimate of drug-likeness (QED) is 0.340. The molecule has 7 nitrogen and oxygen atoms in total. The summed E-state index contributed by atoms with van der Waals surface area (Å²) in [5.74, 6) is 1.75. The van der Waals surface area contributed by atoms with Crippen LogP contribution in [0.2, 0.25) is 0 Å². The number of fused-ring (bicyclic) bond motifs is 1. The standard InChI is InChI=1S/C28H31N3O4S/c1-18(2)35-28(32)30-20-5-3-19(4-6-20)27-25(16-29)24-10-9-22(15-26(24)31(27)21-7-8-21)34-13-14-36-23-11-12-33-17-23/h3-6,9-10,15,18,21,23H,7-8,11-14,17H2,1-2H3,(H,30,32). The Kier molecular flexibility index (Phi) is 7.40. The van der Waals surface area contributed by atoms with Crippen LogP contribution < -0.4 is 10.1 Å². The number of aromatic nitrogens is 1. The highest BCUT2D eigenvalue weighted by atomic mass is 32.2. The van der Waals surface area contributed by atoms with Crippen molar-refractivity contribution in [3.05, 3.63) is 48.0 Å². The molecule has 2 aromatic carbocycles. The molecule has 2 heterocycles. The Morgan fingerprint density at radius 2 is 2.03 bits per heavy atom. The van der Waals surface area contributed by atoms with Gasteiger partial charge in [0.05, 0.1) is 36.1 Å². The molecular weight excluding hydrogens is 474 g/mol. The normalized spacial score (nSPS) is 17.3. The van der Waals surface area contributed by atoms with Crippen LogP contribution in [0.25, 0.3) is 22.2 Å². The summed E-state index contributed by atoms with van der Waals surface area (Å²) in [6.07, 6.45) is 2.63. The maximum absolute atomic E-state index is 11.9. The first kappa shape index (κ1) is 24.5. The maximum Gasteiger partial charge on any atom is 0.411 e. The van der Waals surface area contributed by atoms with Crippen molar-refractivity contribution in [3.63, 3.8) is 0 Å². The lowest BCUT2D eigenvalue weighted by Gasteiger charge is -2.13. The summed E-state index contributed by atoms with van der Waals surface area (Å²) in [6.45, 7) is 5.96. The summed E-state index contributed by atoms with van der Waals surface area (Å²) in [7, 11) is 0. The first-order valence-electron chi connectivity index (χ1n) is 12.5. The predicted molar refractivity (Wildman–Crippen MR) is 143 cm³/mol. The second-order valence-corrected chi connectivity index (χ2v) is 10.9. The number of nitrogens with one attached hydrogen (secondary N) is 1. The minimum Gasteiger partial charge on any atom is -0.493 e. The van der Waals surface area contributed by atoms with E-state index in [1.54, 1.807) is 0 Å². The molecule has 3 aromatic rings. The summed E-state index contributed by atoms with van der Waals surface area (Å²) in [5.41, 5.74) is 4.20. The molecule has 0 spiro atoms. The van der Waals surface area contributed by atoms with Gasteiger partial charge >= 0.3 is 6.09 Å². The Balaban J connectivity index is 1.38. The second-order valence-electron chi connectivity index (χ2n) is 9.48. The summed E-state index contributed by atoms with van der Waals surface area (Å²) in [4.78, 5) is 11.9. The van der Waals surface area contributed by atoms with Gasteiger partial charge in [-0.15, -0.1) is 0 Å². The van der Waals surface area contributed by atoms with Crippen molar-refractivity contribution in [2.45, 2.75) is 50.5 Å². The first-order chi connectivity index (χ1) is 17.5. The highest BCUT2D eigenvalue weighted by molar-refractivity contribution is 7.99. The number of hydrogen-bond donors (Lipinski definition) is 1. The molecule has 1 aliphatic heterocycles. The molecule has 8 heteroatoms. The second kappa shape index (κ2) is 10.9. The van der Waals surface area contributed by atoms with Crippen molar-refractivity contribution in [3.8, 4) is 23.1 Å². The third-order valence-electron chi connectivity index (χ3n) is 6.34. The third kappa shape index (κ3) is 5.48. The van der Waals surface area contributed by atoms with Gasteiger partial charge in [-0.2, -0.15) is 17.0 Å². The Morgan fingerprint density at radius 1 is 1.22 bits per heavy atom. The van der Waals surface area contributed by atoms with E-state index in [2.05, 4.69) is 22.0 Å². The number of thioether (sulfide) groups is 1. The number of anilines is 1. The van der Waals surface area contributed by atoms with Crippen LogP contribution in [0.4, 0.5) is 10.5 Å². The average Bonchev–Trinajstić information content (AvgIpc) is 3.45. The molecule has 0 radical (unpaired) electrons. The molecule has 1 amide bonds. The summed E-state index contributed by atoms with van der Waals surface area (Å²) in [6, 6.07) is 16.4. The summed E-state index contributed by atoms with van der Waals surface area (Å²) >= 11 is 1.91. The van der Waals surface area contributed by atoms with Gasteiger partial charge in [-0.3, -0.25) is 5.32 Å². The van der Waals surface area contributed by atoms with Crippen LogP contribution in [-0.2, 0) is 9.47 Å². The number of hydrogen-bond acceptors (Lipinski definition) is 6. The van der Waals surface area contributed by atoms with Gasteiger partial charge in [0, 0.05) is 40.8 Å². The van der Waals surface area contributed by atoms with E-state index in [-0.39, 0.29) is 6.10 Å². The van der Waals surface area contributed by atoms with Crippen LogP contribution in [0.5, 0.6) is 5.75 Å². The van der Waals surface area contributed by atoms with Gasteiger partial charge in [-0.05, 0) is 62.9 Å². The van der Waals surface area contributed by atoms with Crippen LogP contribution in [0, 0.1) is 11.3 Å². The summed E-state index contributed by atoms with van der Waals surface area (Å²) in [5, 5.41) is 14.4. The smallest absolute Gasteiger partial charge is 0.411 e. The zero-order chi connectivity index (χ0) is 25.1. The first-order valence-corrected chi connectivity index (χ1v) is 13.6. The van der Waals surface area contributed by atoms with Gasteiger partial charge < -0.3 is 18.8 Å². The fourth-order valence-corrected chi connectivity index (χ4v) is 5.55. The van der Waals surface area contributed by atoms with Crippen LogP contribution in [0.15, 0.2) is 42.5 Å². The fourth-order valence-electron chi connectivity index (χ4n) is 4.58. The number of rotatable bonds is 9. The SMILES string of the molecule is CC(C)OC(=O)Nc1ccc(-c2c(C#N)c3ccc(OCCSC4CCOC4)cc3n2C2CC2)cc1. The van der Waals surface area contributed by atoms with Crippen molar-refractivity contribution in [1.29, 1.82) is 5.26 Å². The number of nitrogens with zero attached hydrogens (tertiary/aromatic N) is 2. The lowest BCUT2D eigenvalue weighted by atomic mass is 10.1. The number of benzene rings is 2. The van der Waals surface area contributed by atoms with E-state index in [1.165, 1.54) is 0 Å². The monoisotopic (exact) mass is 505 g/mol. The van der Waals surface area contributed by atoms with Gasteiger partial charge in [-0.25, -0.2) is 4.79 Å². The number of amides is 1. The van der Waals surface area contributed by atoms with E-state index in [9.17, 15) is 10.1 Å². The summed E-state index contributed by atoms with van der Waals surface area (Å²) < 4.78 is 19.0. The van der Waals surface area contributed by atoms with Crippen molar-refractivity contribution >= 4 is 34.4 Å². The van der Waals surface area contributed by atoms with Crippen LogP contribution in [0.1, 0.15) is 44.7 Å². The molecule has 36 heavy (non-hydrogen) atoms. The fraction of sp³-hybridized carbons (Fsp3) is 0.429. The van der Waals surface area contributed by atoms with Crippen molar-refractivity contribution in [2.75, 3.05) is 30.9 Å². The molecule has 2 fully saturated rings. The molecular formula is C28H31N3O4S. The molecule has 2 aliphatic rings. The molecule has 1 saturated carbocycles. The molecule has 5 rings (SSSR count). The predicted octanol–water partition coefficient (Wildman–Crippen LogP) is 6.37. The average molecular weight is 506 g/mol. The van der Waals surface area contributed by atoms with Gasteiger partial charge in [-0.1, -0.05) is 12.1 Å². The molecule has 1 N–H and O–H groups in total. The van der Waals surface area contributed by atoms with Gasteiger partial charge in [0.25, 0.3) is 0 Å². The molecule has 1 unspecified atom stereocenters. The van der Waals surface area contributed by atoms with E-state index in [4.69, 9.17) is 14.2 Å². The number of ether oxygens (including phenoxy) is 3. The highest BCUT2D eigenvalue weighted by Crippen LogP contribution is 2.45. The minimum atomic E-state index is -0.481. The molecule has 1 saturated heterocycles. The van der Waals surface area contributed by atoms with Crippen LogP contribution in [-0.4, -0.2) is 47.6 Å². The number of carbonyl (C=O) groups excluding carboxylic acids is 1. The van der Waals surface area contributed by atoms with Gasteiger partial charge in [0.15, 0.2) is 0 Å². The van der Waals surface area contributed by atoms with E-state index in [0.717, 1.165) is 66.1 Å². The van der Waals surface area contributed by atoms with Crippen molar-refractivity contribution in [1.82, 2.24) is 4.57 Å². The molecule has 1 aromatic heterocycles. The third-order valence-corrected chi connectivity index (χ3v) is 7.59. The van der Waals surface area contributed by atoms with Crippen molar-refractivity contribution < 1.29 is 19.0 Å². The zero-order valence-corrected chi connectivity index (χ0v) is 21.5. The van der Waals surface area contributed by atoms with Crippen LogP contribution >= 0.6 is 11.8 Å². The molecule has 1 atom stereocenters. The van der Waals surface area contributed by atoms with Gasteiger partial charge in [0.1, 0.15) is 11.8 Å². The Morgan fingerprint density at radius 3 is 2.69 bits per heavy atom. The van der Waals surface area contributed by atoms with Crippen LogP contribution in [0.3, 0.4) is 0 Å². The Hall–Kier alpha value is -3.15. The van der Waals surface area contributed by atoms with E-state index in [0.29, 0.717) is 29.1 Å². The lowest BCUT2D eigenvalue weighted by molar-refractivity contribution is 0.130. The van der Waals surface area contributed by atoms with Crippen molar-refractivity contribution in [2.24, 2.45) is 0 Å². The Labute approximate surface area is 215 Å². The Bertz CT molecular complexity index is 1270. The van der Waals surface area contributed by atoms with E-state index < -0.39 is 6.09 Å². The van der Waals surface area contributed by atoms with E-state index in [1.807, 2.05) is 62.0 Å².